The van der Waals surface area contributed by atoms with Crippen LogP contribution in [-0.2, 0) is 14.9 Å². The van der Waals surface area contributed by atoms with Crippen LogP contribution >= 0.6 is 11.6 Å². The number of amides is 1. The monoisotopic (exact) mass is 496 g/mol. The zero-order chi connectivity index (χ0) is 26.2. The molecule has 0 saturated carbocycles. The molecule has 0 atom stereocenters. The predicted molar refractivity (Wildman–Crippen MR) is 144 cm³/mol. The third kappa shape index (κ3) is 7.75. The van der Waals surface area contributed by atoms with Gasteiger partial charge in [-0.3, -0.25) is 14.7 Å². The number of benzene rings is 1. The van der Waals surface area contributed by atoms with Gasteiger partial charge in [0, 0.05) is 36.1 Å². The van der Waals surface area contributed by atoms with Gasteiger partial charge in [-0.15, -0.1) is 0 Å². The summed E-state index contributed by atoms with van der Waals surface area (Å²) in [5.74, 6) is 1.29. The van der Waals surface area contributed by atoms with E-state index in [0.717, 1.165) is 22.6 Å². The molecule has 0 fully saturated rings. The molecule has 2 aromatic rings. The number of rotatable bonds is 8. The Kier molecular flexibility index (Phi) is 9.71. The van der Waals surface area contributed by atoms with Gasteiger partial charge in [-0.25, -0.2) is 9.97 Å². The van der Waals surface area contributed by atoms with E-state index in [9.17, 15) is 4.79 Å². The highest BCUT2D eigenvalue weighted by Gasteiger charge is 2.19. The van der Waals surface area contributed by atoms with Gasteiger partial charge in [0.15, 0.2) is 0 Å². The van der Waals surface area contributed by atoms with Crippen LogP contribution in [0.25, 0.3) is 11.3 Å². The van der Waals surface area contributed by atoms with Crippen molar-refractivity contribution in [1.82, 2.24) is 9.97 Å². The number of halogens is 1. The summed E-state index contributed by atoms with van der Waals surface area (Å²) >= 11 is 6.18. The molecular formula is C26H33ClN6O2. The average molecular weight is 497 g/mol. The zero-order valence-corrected chi connectivity index (χ0v) is 22.1. The number of aromatic nitrogens is 2. The molecule has 0 spiro atoms. The Morgan fingerprint density at radius 1 is 1.29 bits per heavy atom. The van der Waals surface area contributed by atoms with Crippen LogP contribution in [0.2, 0.25) is 0 Å². The number of nitrogens with two attached hydrogens (primary N) is 1. The van der Waals surface area contributed by atoms with E-state index in [4.69, 9.17) is 27.1 Å². The van der Waals surface area contributed by atoms with Crippen LogP contribution in [0, 0.1) is 6.92 Å². The lowest BCUT2D eigenvalue weighted by atomic mass is 9.95. The lowest BCUT2D eigenvalue weighted by Crippen LogP contribution is -2.27. The maximum absolute atomic E-state index is 12.1. The van der Waals surface area contributed by atoms with Crippen LogP contribution in [0.4, 0.5) is 5.69 Å². The number of amidine groups is 1. The molecule has 1 aromatic carbocycles. The van der Waals surface area contributed by atoms with E-state index in [0.29, 0.717) is 28.7 Å². The molecule has 0 radical (unpaired) electrons. The minimum atomic E-state index is -0.192. The Morgan fingerprint density at radius 3 is 2.60 bits per heavy atom. The normalized spacial score (nSPS) is 13.6. The predicted octanol–water partition coefficient (Wildman–Crippen LogP) is 5.12. The number of allylic oxidation sites excluding steroid dienone is 2. The molecule has 0 aliphatic rings. The largest absolute Gasteiger partial charge is 0.470 e. The summed E-state index contributed by atoms with van der Waals surface area (Å²) < 4.78 is 5.66. The van der Waals surface area contributed by atoms with Gasteiger partial charge in [-0.05, 0) is 44.5 Å². The number of carbonyl (C=O) groups is 1. The second kappa shape index (κ2) is 12.3. The molecule has 1 amide bonds. The second-order valence-electron chi connectivity index (χ2n) is 8.94. The summed E-state index contributed by atoms with van der Waals surface area (Å²) in [5.41, 5.74) is 9.39. The van der Waals surface area contributed by atoms with E-state index in [-0.39, 0.29) is 17.9 Å². The first-order valence-electron chi connectivity index (χ1n) is 11.1. The minimum Gasteiger partial charge on any atom is -0.470 e. The number of anilines is 1. The molecule has 9 heteroatoms. The van der Waals surface area contributed by atoms with Crippen LogP contribution in [-0.4, -0.2) is 42.1 Å². The van der Waals surface area contributed by atoms with Crippen molar-refractivity contribution in [2.24, 2.45) is 15.7 Å². The fourth-order valence-electron chi connectivity index (χ4n) is 3.00. The molecule has 0 unspecified atom stereocenters. The SMILES string of the molecule is CN=C/C=C(\N)COC(/N=C(/C)N(C=O)c1cccc(-c2nc(C(C)(C)C)ncc2C)c1)=C(/C)Cl. The summed E-state index contributed by atoms with van der Waals surface area (Å²) in [6.45, 7) is 11.6. The van der Waals surface area contributed by atoms with E-state index >= 15 is 0 Å². The van der Waals surface area contributed by atoms with Crippen LogP contribution < -0.4 is 10.6 Å². The summed E-state index contributed by atoms with van der Waals surface area (Å²) in [4.78, 5) is 31.1. The van der Waals surface area contributed by atoms with Crippen molar-refractivity contribution >= 4 is 35.7 Å². The number of nitrogens with zero attached hydrogens (tertiary/aromatic N) is 5. The van der Waals surface area contributed by atoms with Gasteiger partial charge in [-0.1, -0.05) is 44.5 Å². The molecule has 0 aliphatic carbocycles. The first kappa shape index (κ1) is 27.7. The highest BCUT2D eigenvalue weighted by atomic mass is 35.5. The van der Waals surface area contributed by atoms with Gasteiger partial charge in [0.1, 0.15) is 18.3 Å². The molecule has 8 nitrogen and oxygen atoms in total. The molecule has 0 bridgehead atoms. The van der Waals surface area contributed by atoms with Gasteiger partial charge >= 0.3 is 0 Å². The molecule has 186 valence electrons. The van der Waals surface area contributed by atoms with Gasteiger partial charge in [0.2, 0.25) is 12.3 Å². The minimum absolute atomic E-state index is 0.0713. The number of aliphatic imine (C=N–C) groups is 2. The van der Waals surface area contributed by atoms with Crippen molar-refractivity contribution in [3.8, 4) is 11.3 Å². The number of hydrogen-bond acceptors (Lipinski definition) is 7. The third-order valence-electron chi connectivity index (χ3n) is 4.87. The first-order chi connectivity index (χ1) is 16.5. The Morgan fingerprint density at radius 2 is 2.00 bits per heavy atom. The molecule has 2 rings (SSSR count). The smallest absolute Gasteiger partial charge is 0.230 e. The van der Waals surface area contributed by atoms with Crippen molar-refractivity contribution < 1.29 is 9.53 Å². The van der Waals surface area contributed by atoms with Gasteiger partial charge in [-0.2, -0.15) is 4.99 Å². The highest BCUT2D eigenvalue weighted by molar-refractivity contribution is 6.29. The number of hydrogen-bond donors (Lipinski definition) is 1. The molecule has 0 saturated heterocycles. The van der Waals surface area contributed by atoms with E-state index in [1.165, 1.54) is 4.90 Å². The Balaban J connectivity index is 2.40. The van der Waals surface area contributed by atoms with Crippen molar-refractivity contribution in [1.29, 1.82) is 0 Å². The van der Waals surface area contributed by atoms with E-state index in [1.54, 1.807) is 33.2 Å². The van der Waals surface area contributed by atoms with E-state index in [2.05, 4.69) is 35.7 Å². The molecular weight excluding hydrogens is 464 g/mol. The van der Waals surface area contributed by atoms with Crippen LogP contribution in [0.1, 0.15) is 46.0 Å². The summed E-state index contributed by atoms with van der Waals surface area (Å²) in [7, 11) is 1.64. The summed E-state index contributed by atoms with van der Waals surface area (Å²) in [6, 6.07) is 7.53. The van der Waals surface area contributed by atoms with Crippen molar-refractivity contribution in [2.45, 2.75) is 47.0 Å². The van der Waals surface area contributed by atoms with Crippen molar-refractivity contribution in [3.05, 3.63) is 64.5 Å². The lowest BCUT2D eigenvalue weighted by molar-refractivity contribution is -0.106. The van der Waals surface area contributed by atoms with Gasteiger partial charge < -0.3 is 10.5 Å². The number of aryl methyl sites for hydroxylation is 1. The Labute approximate surface area is 212 Å². The zero-order valence-electron chi connectivity index (χ0n) is 21.3. The van der Waals surface area contributed by atoms with E-state index in [1.807, 2.05) is 37.4 Å². The molecule has 1 aromatic heterocycles. The molecule has 2 N–H and O–H groups in total. The lowest BCUT2D eigenvalue weighted by Gasteiger charge is -2.20. The summed E-state index contributed by atoms with van der Waals surface area (Å²) in [5, 5.41) is 0.326. The third-order valence-corrected chi connectivity index (χ3v) is 5.03. The van der Waals surface area contributed by atoms with Gasteiger partial charge in [0.25, 0.3) is 0 Å². The van der Waals surface area contributed by atoms with Crippen molar-refractivity contribution in [2.75, 3.05) is 18.6 Å². The highest BCUT2D eigenvalue weighted by Crippen LogP contribution is 2.28. The first-order valence-corrected chi connectivity index (χ1v) is 11.5. The van der Waals surface area contributed by atoms with Gasteiger partial charge in [0.05, 0.1) is 16.4 Å². The topological polar surface area (TPSA) is 106 Å². The quantitative estimate of drug-likeness (QED) is 0.236. The Bertz CT molecular complexity index is 1170. The fourth-order valence-corrected chi connectivity index (χ4v) is 3.10. The maximum Gasteiger partial charge on any atom is 0.230 e. The summed E-state index contributed by atoms with van der Waals surface area (Å²) in [6.07, 6.45) is 5.71. The molecule has 0 aliphatic heterocycles. The second-order valence-corrected chi connectivity index (χ2v) is 9.50. The molecule has 35 heavy (non-hydrogen) atoms. The number of carbonyl (C=O) groups excluding carboxylic acids is 1. The maximum atomic E-state index is 12.1. The number of ether oxygens (including phenoxy) is 1. The molecule has 1 heterocycles. The van der Waals surface area contributed by atoms with Crippen LogP contribution in [0.15, 0.2) is 63.1 Å². The standard InChI is InChI=1S/C26H33ClN6O2/c1-17-14-30-25(26(4,5)6)32-23(17)20-9-8-10-22(13-20)33(16-34)19(3)31-24(18(2)27)35-15-21(28)11-12-29-7/h8-14,16H,15,28H2,1-7H3/b21-11-,24-18-,29-12?,31-19-. The van der Waals surface area contributed by atoms with Crippen LogP contribution in [0.5, 0.6) is 0 Å². The fraction of sp³-hybridized carbons (Fsp3) is 0.346. The Hall–Kier alpha value is -3.52. The van der Waals surface area contributed by atoms with Crippen molar-refractivity contribution in [3.63, 3.8) is 0 Å². The van der Waals surface area contributed by atoms with E-state index < -0.39 is 0 Å². The van der Waals surface area contributed by atoms with Crippen LogP contribution in [0.3, 0.4) is 0 Å². The average Bonchev–Trinajstić information content (AvgIpc) is 2.80.